The van der Waals surface area contributed by atoms with Gasteiger partial charge in [0.15, 0.2) is 0 Å². The minimum atomic E-state index is -0.847. The van der Waals surface area contributed by atoms with E-state index in [1.165, 1.54) is 42.6 Å². The molecule has 2 fully saturated rings. The summed E-state index contributed by atoms with van der Waals surface area (Å²) in [5.41, 5.74) is 7.82. The fourth-order valence-corrected chi connectivity index (χ4v) is 6.02. The number of ether oxygens (including phenoxy) is 2. The van der Waals surface area contributed by atoms with Crippen LogP contribution in [-0.2, 0) is 32.0 Å². The number of hydrogen-bond acceptors (Lipinski definition) is 6. The molecule has 3 aliphatic rings. The number of hydrogen-bond donors (Lipinski definition) is 2. The first-order chi connectivity index (χ1) is 17.6. The van der Waals surface area contributed by atoms with Gasteiger partial charge in [-0.3, -0.25) is 14.4 Å². The highest BCUT2D eigenvalue weighted by Gasteiger charge is 2.36. The van der Waals surface area contributed by atoms with Crippen LogP contribution in [0.25, 0.3) is 0 Å². The molecule has 8 nitrogen and oxygen atoms in total. The van der Waals surface area contributed by atoms with Gasteiger partial charge in [0.2, 0.25) is 5.91 Å². The van der Waals surface area contributed by atoms with Crippen LogP contribution in [0.1, 0.15) is 93.6 Å². The van der Waals surface area contributed by atoms with Crippen LogP contribution < -0.4 is 11.1 Å². The lowest BCUT2D eigenvalue weighted by Gasteiger charge is -2.36. The Balaban J connectivity index is 1.40. The number of carbonyl (C=O) groups excluding carboxylic acids is 3. The first-order valence-corrected chi connectivity index (χ1v) is 13.9. The summed E-state index contributed by atoms with van der Waals surface area (Å²) in [7, 11) is 0. The number of esters is 1. The summed E-state index contributed by atoms with van der Waals surface area (Å²) in [6.45, 7) is 7.39. The van der Waals surface area contributed by atoms with Gasteiger partial charge in [-0.2, -0.15) is 0 Å². The molecule has 1 saturated carbocycles. The highest BCUT2D eigenvalue weighted by molar-refractivity contribution is 6.01. The maximum absolute atomic E-state index is 13.2. The van der Waals surface area contributed by atoms with Crippen LogP contribution >= 0.6 is 0 Å². The van der Waals surface area contributed by atoms with Crippen molar-refractivity contribution in [2.24, 2.45) is 11.7 Å². The minimum Gasteiger partial charge on any atom is -0.460 e. The summed E-state index contributed by atoms with van der Waals surface area (Å²) >= 11 is 0. The Morgan fingerprint density at radius 3 is 2.68 bits per heavy atom. The van der Waals surface area contributed by atoms with Crippen LogP contribution in [0.5, 0.6) is 0 Å². The molecule has 4 rings (SSSR count). The quantitative estimate of drug-likeness (QED) is 0.489. The van der Waals surface area contributed by atoms with Crippen LogP contribution in [-0.4, -0.2) is 59.6 Å². The van der Waals surface area contributed by atoms with Crippen LogP contribution in [0, 0.1) is 5.92 Å². The molecule has 1 aromatic carbocycles. The second-order valence-electron chi connectivity index (χ2n) is 11.9. The molecule has 8 heteroatoms. The van der Waals surface area contributed by atoms with Crippen molar-refractivity contribution in [2.45, 2.75) is 109 Å². The predicted molar refractivity (Wildman–Crippen MR) is 141 cm³/mol. The van der Waals surface area contributed by atoms with Crippen molar-refractivity contribution in [1.29, 1.82) is 0 Å². The molecule has 37 heavy (non-hydrogen) atoms. The zero-order valence-corrected chi connectivity index (χ0v) is 22.6. The van der Waals surface area contributed by atoms with Gasteiger partial charge in [-0.25, -0.2) is 0 Å². The summed E-state index contributed by atoms with van der Waals surface area (Å²) in [4.78, 5) is 39.1. The number of carbonyl (C=O) groups is 3. The number of nitrogens with zero attached hydrogens (tertiary/aromatic N) is 1. The predicted octanol–water partition coefficient (Wildman–Crippen LogP) is 3.49. The van der Waals surface area contributed by atoms with Crippen molar-refractivity contribution < 1.29 is 23.9 Å². The molecule has 1 aromatic rings. The van der Waals surface area contributed by atoms with Crippen LogP contribution in [0.15, 0.2) is 18.2 Å². The Morgan fingerprint density at radius 1 is 1.19 bits per heavy atom. The second-order valence-corrected chi connectivity index (χ2v) is 11.9. The maximum Gasteiger partial charge on any atom is 0.306 e. The summed E-state index contributed by atoms with van der Waals surface area (Å²) in [5.74, 6) is -0.661. The normalized spacial score (nSPS) is 25.0. The lowest BCUT2D eigenvalue weighted by molar-refractivity contribution is -0.155. The molecule has 4 atom stereocenters. The lowest BCUT2D eigenvalue weighted by atomic mass is 9.80. The van der Waals surface area contributed by atoms with Gasteiger partial charge in [-0.05, 0) is 82.4 Å². The fraction of sp³-hybridized carbons (Fsp3) is 0.690. The number of nitrogens with two attached hydrogens (primary N) is 1. The van der Waals surface area contributed by atoms with E-state index in [1.54, 1.807) is 20.8 Å². The van der Waals surface area contributed by atoms with Gasteiger partial charge in [-0.1, -0.05) is 25.0 Å². The van der Waals surface area contributed by atoms with Crippen molar-refractivity contribution in [3.8, 4) is 0 Å². The van der Waals surface area contributed by atoms with Gasteiger partial charge >= 0.3 is 5.97 Å². The third-order valence-corrected chi connectivity index (χ3v) is 7.77. The molecule has 2 heterocycles. The standard InChI is InChI=1S/C29H43N3O5/c1-29(2,3)37-26(33)13-12-25(27(30)34)32-17-21-16-19(10-11-23(21)28(32)35)15-20-7-4-5-9-24(20)31-22-8-6-14-36-18-22/h10-11,16,20,22,24-25,31H,4-9,12-15,17-18H2,1-3H3,(H2,30,34)/t20-,22?,24+,25+/m1/s1. The van der Waals surface area contributed by atoms with Crippen molar-refractivity contribution in [1.82, 2.24) is 10.2 Å². The number of fused-ring (bicyclic) bond motifs is 1. The summed E-state index contributed by atoms with van der Waals surface area (Å²) in [5, 5.41) is 3.88. The first kappa shape index (κ1) is 27.6. The van der Waals surface area contributed by atoms with Gasteiger partial charge in [0.1, 0.15) is 11.6 Å². The average molecular weight is 514 g/mol. The van der Waals surface area contributed by atoms with Gasteiger partial charge in [0.25, 0.3) is 5.91 Å². The van der Waals surface area contributed by atoms with Gasteiger partial charge in [0.05, 0.1) is 6.61 Å². The van der Waals surface area contributed by atoms with E-state index in [4.69, 9.17) is 15.2 Å². The topological polar surface area (TPSA) is 111 Å². The molecule has 1 saturated heterocycles. The van der Waals surface area contributed by atoms with Gasteiger partial charge in [0, 0.05) is 37.2 Å². The van der Waals surface area contributed by atoms with Crippen molar-refractivity contribution in [3.63, 3.8) is 0 Å². The number of rotatable bonds is 9. The molecule has 2 aliphatic heterocycles. The smallest absolute Gasteiger partial charge is 0.306 e. The molecule has 2 amide bonds. The molecule has 0 aromatic heterocycles. The SMILES string of the molecule is CC(C)(C)OC(=O)CC[C@@H](C(N)=O)N1Cc2cc(C[C@H]3CCCC[C@@H]3NC3CCCOC3)ccc2C1=O. The molecule has 3 N–H and O–H groups in total. The number of primary amides is 1. The Morgan fingerprint density at radius 2 is 1.97 bits per heavy atom. The van der Waals surface area contributed by atoms with E-state index in [9.17, 15) is 14.4 Å². The van der Waals surface area contributed by atoms with E-state index >= 15 is 0 Å². The molecule has 0 radical (unpaired) electrons. The maximum atomic E-state index is 13.2. The third kappa shape index (κ3) is 7.32. The first-order valence-electron chi connectivity index (χ1n) is 13.9. The highest BCUT2D eigenvalue weighted by Crippen LogP contribution is 2.32. The molecular formula is C29H43N3O5. The largest absolute Gasteiger partial charge is 0.460 e. The molecule has 1 aliphatic carbocycles. The van der Waals surface area contributed by atoms with Crippen molar-refractivity contribution >= 4 is 17.8 Å². The van der Waals surface area contributed by atoms with Gasteiger partial charge in [-0.15, -0.1) is 0 Å². The van der Waals surface area contributed by atoms with E-state index in [2.05, 4.69) is 17.4 Å². The Kier molecular flexibility index (Phi) is 8.90. The summed E-state index contributed by atoms with van der Waals surface area (Å²) in [6, 6.07) is 6.14. The Hall–Kier alpha value is -2.45. The molecule has 0 spiro atoms. The van der Waals surface area contributed by atoms with E-state index in [0.29, 0.717) is 30.1 Å². The number of benzene rings is 1. The van der Waals surface area contributed by atoms with Crippen LogP contribution in [0.4, 0.5) is 0 Å². The van der Waals surface area contributed by atoms with E-state index in [-0.39, 0.29) is 18.7 Å². The molecule has 204 valence electrons. The molecular weight excluding hydrogens is 470 g/mol. The zero-order chi connectivity index (χ0) is 26.6. The summed E-state index contributed by atoms with van der Waals surface area (Å²) < 4.78 is 11.0. The average Bonchev–Trinajstić information content (AvgIpc) is 3.15. The highest BCUT2D eigenvalue weighted by atomic mass is 16.6. The fourth-order valence-electron chi connectivity index (χ4n) is 6.02. The Labute approximate surface area is 220 Å². The van der Waals surface area contributed by atoms with E-state index in [1.807, 2.05) is 6.07 Å². The number of amides is 2. The van der Waals surface area contributed by atoms with Crippen molar-refractivity contribution in [3.05, 3.63) is 34.9 Å². The van der Waals surface area contributed by atoms with Crippen LogP contribution in [0.3, 0.4) is 0 Å². The lowest BCUT2D eigenvalue weighted by Crippen LogP contribution is -2.48. The number of nitrogens with one attached hydrogen (secondary N) is 1. The van der Waals surface area contributed by atoms with E-state index in [0.717, 1.165) is 31.6 Å². The second kappa shape index (κ2) is 11.9. The Bertz CT molecular complexity index is 982. The molecule has 0 bridgehead atoms. The summed E-state index contributed by atoms with van der Waals surface area (Å²) in [6.07, 6.45) is 8.33. The van der Waals surface area contributed by atoms with Gasteiger partial charge < -0.3 is 25.4 Å². The van der Waals surface area contributed by atoms with Crippen LogP contribution in [0.2, 0.25) is 0 Å². The van der Waals surface area contributed by atoms with Crippen molar-refractivity contribution in [2.75, 3.05) is 13.2 Å². The molecule has 1 unspecified atom stereocenters. The third-order valence-electron chi connectivity index (χ3n) is 7.77. The monoisotopic (exact) mass is 513 g/mol. The van der Waals surface area contributed by atoms with E-state index < -0.39 is 23.5 Å². The minimum absolute atomic E-state index is 0.0261. The zero-order valence-electron chi connectivity index (χ0n) is 22.6.